The zero-order valence-electron chi connectivity index (χ0n) is 8.81. The lowest BCUT2D eigenvalue weighted by Crippen LogP contribution is -2.04. The number of hydrogen-bond acceptors (Lipinski definition) is 1. The summed E-state index contributed by atoms with van der Waals surface area (Å²) < 4.78 is 3.12. The summed E-state index contributed by atoms with van der Waals surface area (Å²) in [7, 11) is 0. The third kappa shape index (κ3) is 2.12. The van der Waals surface area contributed by atoms with Crippen molar-refractivity contribution in [3.63, 3.8) is 0 Å². The van der Waals surface area contributed by atoms with Crippen LogP contribution >= 0.6 is 15.9 Å². The van der Waals surface area contributed by atoms with E-state index in [1.807, 2.05) is 29.1 Å². The number of rotatable bonds is 2. The monoisotopic (exact) mass is 264 g/mol. The second kappa shape index (κ2) is 4.19. The van der Waals surface area contributed by atoms with Gasteiger partial charge in [-0.25, -0.2) is 0 Å². The molecule has 3 heteroatoms. The molecule has 0 atom stereocenters. The van der Waals surface area contributed by atoms with Gasteiger partial charge in [0.1, 0.15) is 0 Å². The average molecular weight is 265 g/mol. The highest BCUT2D eigenvalue weighted by atomic mass is 79.9. The first-order valence-corrected chi connectivity index (χ1v) is 5.77. The number of benzene rings is 1. The van der Waals surface area contributed by atoms with Crippen LogP contribution in [0.2, 0.25) is 0 Å². The van der Waals surface area contributed by atoms with Crippen LogP contribution in [0.5, 0.6) is 0 Å². The van der Waals surface area contributed by atoms with Crippen molar-refractivity contribution in [3.8, 4) is 11.3 Å². The molecule has 0 saturated heterocycles. The minimum atomic E-state index is 0.383. The highest BCUT2D eigenvalue weighted by Gasteiger charge is 2.07. The van der Waals surface area contributed by atoms with E-state index < -0.39 is 0 Å². The summed E-state index contributed by atoms with van der Waals surface area (Å²) in [5.41, 5.74) is 2.35. The maximum Gasteiger partial charge on any atom is 0.0685 e. The van der Waals surface area contributed by atoms with Gasteiger partial charge in [-0.3, -0.25) is 4.68 Å². The maximum atomic E-state index is 4.32. The molecule has 0 aliphatic rings. The number of aromatic nitrogens is 2. The van der Waals surface area contributed by atoms with Crippen molar-refractivity contribution >= 4 is 15.9 Å². The Morgan fingerprint density at radius 1 is 1.27 bits per heavy atom. The molecule has 0 fully saturated rings. The Morgan fingerprint density at radius 2 is 2.07 bits per heavy atom. The zero-order chi connectivity index (χ0) is 10.8. The highest BCUT2D eigenvalue weighted by molar-refractivity contribution is 9.10. The molecule has 78 valence electrons. The molecule has 0 aliphatic carbocycles. The smallest absolute Gasteiger partial charge is 0.0685 e. The Kier molecular flexibility index (Phi) is 2.91. The Bertz CT molecular complexity index is 460. The predicted molar refractivity (Wildman–Crippen MR) is 65.7 cm³/mol. The van der Waals surface area contributed by atoms with Crippen molar-refractivity contribution in [3.05, 3.63) is 41.0 Å². The molecule has 15 heavy (non-hydrogen) atoms. The van der Waals surface area contributed by atoms with Gasteiger partial charge in [0.15, 0.2) is 0 Å². The molecule has 0 N–H and O–H groups in total. The summed E-state index contributed by atoms with van der Waals surface area (Å²) in [6, 6.07) is 10.7. The third-order valence-electron chi connectivity index (χ3n) is 2.28. The topological polar surface area (TPSA) is 17.8 Å². The first kappa shape index (κ1) is 10.4. The molecule has 1 heterocycles. The van der Waals surface area contributed by atoms with Crippen LogP contribution in [-0.4, -0.2) is 9.78 Å². The quantitative estimate of drug-likeness (QED) is 0.805. The Hall–Kier alpha value is -1.09. The molecule has 0 amide bonds. The fourth-order valence-corrected chi connectivity index (χ4v) is 2.00. The van der Waals surface area contributed by atoms with E-state index >= 15 is 0 Å². The molecule has 0 bridgehead atoms. The van der Waals surface area contributed by atoms with Gasteiger partial charge in [-0.2, -0.15) is 5.10 Å². The fourth-order valence-electron chi connectivity index (χ4n) is 1.60. The summed E-state index contributed by atoms with van der Waals surface area (Å²) in [4.78, 5) is 0. The van der Waals surface area contributed by atoms with Gasteiger partial charge in [0.05, 0.1) is 5.69 Å². The Morgan fingerprint density at radius 3 is 2.73 bits per heavy atom. The van der Waals surface area contributed by atoms with Crippen molar-refractivity contribution in [1.29, 1.82) is 0 Å². The second-order valence-electron chi connectivity index (χ2n) is 3.77. The van der Waals surface area contributed by atoms with E-state index in [0.717, 1.165) is 10.2 Å². The summed E-state index contributed by atoms with van der Waals surface area (Å²) in [5, 5.41) is 4.32. The number of halogens is 1. The Labute approximate surface area is 98.1 Å². The molecule has 2 rings (SSSR count). The molecule has 0 saturated carbocycles. The van der Waals surface area contributed by atoms with Crippen molar-refractivity contribution in [2.45, 2.75) is 19.9 Å². The van der Waals surface area contributed by atoms with Gasteiger partial charge < -0.3 is 0 Å². The van der Waals surface area contributed by atoms with Crippen molar-refractivity contribution in [1.82, 2.24) is 9.78 Å². The Balaban J connectivity index is 2.49. The largest absolute Gasteiger partial charge is 0.262 e. The first-order valence-electron chi connectivity index (χ1n) is 4.98. The lowest BCUT2D eigenvalue weighted by atomic mass is 10.1. The zero-order valence-corrected chi connectivity index (χ0v) is 10.4. The molecule has 0 radical (unpaired) electrons. The minimum Gasteiger partial charge on any atom is -0.262 e. The standard InChI is InChI=1S/C12H13BrN2/c1-9(2)15-12(6-7-14-15)10-4-3-5-11(13)8-10/h3-9H,1-2H3. The fraction of sp³-hybridized carbons (Fsp3) is 0.250. The minimum absolute atomic E-state index is 0.383. The molecule has 2 aromatic rings. The van der Waals surface area contributed by atoms with Crippen LogP contribution in [-0.2, 0) is 0 Å². The third-order valence-corrected chi connectivity index (χ3v) is 2.77. The molecular formula is C12H13BrN2. The lowest BCUT2D eigenvalue weighted by Gasteiger charge is -2.10. The molecule has 2 nitrogen and oxygen atoms in total. The van der Waals surface area contributed by atoms with E-state index in [2.05, 4.69) is 47.0 Å². The molecule has 0 aliphatic heterocycles. The van der Waals surface area contributed by atoms with E-state index in [1.165, 1.54) is 5.56 Å². The van der Waals surface area contributed by atoms with Crippen LogP contribution in [0, 0.1) is 0 Å². The van der Waals surface area contributed by atoms with Crippen LogP contribution in [0.4, 0.5) is 0 Å². The van der Waals surface area contributed by atoms with Gasteiger partial charge in [-0.1, -0.05) is 28.1 Å². The summed E-state index contributed by atoms with van der Waals surface area (Å²) >= 11 is 3.48. The van der Waals surface area contributed by atoms with Gasteiger partial charge in [0.25, 0.3) is 0 Å². The predicted octanol–water partition coefficient (Wildman–Crippen LogP) is 3.89. The SMILES string of the molecule is CC(C)n1nccc1-c1cccc(Br)c1. The van der Waals surface area contributed by atoms with E-state index in [0.29, 0.717) is 6.04 Å². The van der Waals surface area contributed by atoms with E-state index in [9.17, 15) is 0 Å². The van der Waals surface area contributed by atoms with Gasteiger partial charge in [0, 0.05) is 22.3 Å². The van der Waals surface area contributed by atoms with Gasteiger partial charge >= 0.3 is 0 Å². The van der Waals surface area contributed by atoms with Crippen molar-refractivity contribution < 1.29 is 0 Å². The first-order chi connectivity index (χ1) is 7.18. The van der Waals surface area contributed by atoms with Crippen LogP contribution in [0.15, 0.2) is 41.0 Å². The molecule has 0 unspecified atom stereocenters. The average Bonchev–Trinajstić information content (AvgIpc) is 2.65. The molecule has 1 aromatic carbocycles. The van der Waals surface area contributed by atoms with Crippen molar-refractivity contribution in [2.24, 2.45) is 0 Å². The second-order valence-corrected chi connectivity index (χ2v) is 4.68. The van der Waals surface area contributed by atoms with E-state index in [1.54, 1.807) is 0 Å². The maximum absolute atomic E-state index is 4.32. The van der Waals surface area contributed by atoms with Crippen molar-refractivity contribution in [2.75, 3.05) is 0 Å². The molecule has 0 spiro atoms. The molecular weight excluding hydrogens is 252 g/mol. The lowest BCUT2D eigenvalue weighted by molar-refractivity contribution is 0.538. The van der Waals surface area contributed by atoms with Crippen LogP contribution < -0.4 is 0 Å². The molecule has 1 aromatic heterocycles. The highest BCUT2D eigenvalue weighted by Crippen LogP contribution is 2.24. The number of nitrogens with zero attached hydrogens (tertiary/aromatic N) is 2. The number of hydrogen-bond donors (Lipinski definition) is 0. The normalized spacial score (nSPS) is 10.9. The van der Waals surface area contributed by atoms with E-state index in [4.69, 9.17) is 0 Å². The van der Waals surface area contributed by atoms with Gasteiger partial charge in [0.2, 0.25) is 0 Å². The summed E-state index contributed by atoms with van der Waals surface area (Å²) in [6.07, 6.45) is 1.84. The van der Waals surface area contributed by atoms with Gasteiger partial charge in [-0.15, -0.1) is 0 Å². The van der Waals surface area contributed by atoms with E-state index in [-0.39, 0.29) is 0 Å². The van der Waals surface area contributed by atoms with Gasteiger partial charge in [-0.05, 0) is 32.0 Å². The van der Waals surface area contributed by atoms with Crippen LogP contribution in [0.1, 0.15) is 19.9 Å². The summed E-state index contributed by atoms with van der Waals surface area (Å²) in [6.45, 7) is 4.27. The van der Waals surface area contributed by atoms with Crippen LogP contribution in [0.3, 0.4) is 0 Å². The van der Waals surface area contributed by atoms with Crippen LogP contribution in [0.25, 0.3) is 11.3 Å². The summed E-state index contributed by atoms with van der Waals surface area (Å²) in [5.74, 6) is 0.